The van der Waals surface area contributed by atoms with Crippen LogP contribution in [-0.4, -0.2) is 45.4 Å². The van der Waals surface area contributed by atoms with Crippen molar-refractivity contribution >= 4 is 5.91 Å². The van der Waals surface area contributed by atoms with Crippen molar-refractivity contribution in [3.05, 3.63) is 53.3 Å². The van der Waals surface area contributed by atoms with Gasteiger partial charge in [0.2, 0.25) is 0 Å². The Labute approximate surface area is 140 Å². The van der Waals surface area contributed by atoms with E-state index in [4.69, 9.17) is 10.4 Å². The van der Waals surface area contributed by atoms with Crippen LogP contribution in [0.25, 0.3) is 0 Å². The zero-order chi connectivity index (χ0) is 16.9. The molecule has 1 atom stereocenters. The fraction of sp³-hybridized carbons (Fsp3) is 0.389. The number of hydrogen-bond acceptors (Lipinski definition) is 4. The maximum Gasteiger partial charge on any atom is 0.253 e. The number of nitriles is 1. The number of aliphatic hydroxyl groups is 1. The predicted molar refractivity (Wildman–Crippen MR) is 88.3 cm³/mol. The summed E-state index contributed by atoms with van der Waals surface area (Å²) in [6.45, 7) is 1.94. The number of rotatable bonds is 4. The fourth-order valence-corrected chi connectivity index (χ4v) is 3.10. The molecule has 2 aromatic rings. The molecule has 6 heteroatoms. The lowest BCUT2D eigenvalue weighted by molar-refractivity contribution is 0.0705. The molecule has 124 valence electrons. The lowest BCUT2D eigenvalue weighted by Crippen LogP contribution is -2.39. The van der Waals surface area contributed by atoms with Gasteiger partial charge in [0, 0.05) is 30.8 Å². The maximum absolute atomic E-state index is 12.7. The zero-order valence-corrected chi connectivity index (χ0v) is 13.4. The summed E-state index contributed by atoms with van der Waals surface area (Å²) >= 11 is 0. The van der Waals surface area contributed by atoms with Crippen molar-refractivity contribution in [2.75, 3.05) is 19.7 Å². The van der Waals surface area contributed by atoms with E-state index in [2.05, 4.69) is 11.2 Å². The third kappa shape index (κ3) is 3.47. The molecule has 0 aliphatic carbocycles. The second kappa shape index (κ2) is 7.28. The first-order valence-corrected chi connectivity index (χ1v) is 8.15. The summed E-state index contributed by atoms with van der Waals surface area (Å²) in [5, 5.41) is 22.3. The van der Waals surface area contributed by atoms with Crippen LogP contribution in [0.5, 0.6) is 0 Å². The Morgan fingerprint density at radius 3 is 2.83 bits per heavy atom. The highest BCUT2D eigenvalue weighted by Crippen LogP contribution is 2.26. The normalized spacial score (nSPS) is 17.5. The number of hydrogen-bond donors (Lipinski definition) is 1. The average Bonchev–Trinajstić information content (AvgIpc) is 3.10. The summed E-state index contributed by atoms with van der Waals surface area (Å²) in [6.07, 6.45) is 3.82. The Bertz CT molecular complexity index is 745. The molecule has 0 unspecified atom stereocenters. The van der Waals surface area contributed by atoms with E-state index >= 15 is 0 Å². The van der Waals surface area contributed by atoms with E-state index in [9.17, 15) is 4.79 Å². The summed E-state index contributed by atoms with van der Waals surface area (Å²) in [4.78, 5) is 14.5. The van der Waals surface area contributed by atoms with Crippen molar-refractivity contribution in [3.63, 3.8) is 0 Å². The van der Waals surface area contributed by atoms with Gasteiger partial charge in [-0.2, -0.15) is 10.4 Å². The van der Waals surface area contributed by atoms with E-state index in [1.54, 1.807) is 28.9 Å². The van der Waals surface area contributed by atoms with E-state index in [1.165, 1.54) is 0 Å². The molecule has 0 radical (unpaired) electrons. The number of likely N-dealkylation sites (tertiary alicyclic amines) is 1. The molecule has 1 aromatic carbocycles. The molecule has 0 saturated carbocycles. The molecule has 1 amide bonds. The number of carbonyl (C=O) groups is 1. The molecular weight excluding hydrogens is 304 g/mol. The third-order valence-corrected chi connectivity index (χ3v) is 4.38. The van der Waals surface area contributed by atoms with Gasteiger partial charge in [-0.05, 0) is 43.2 Å². The lowest BCUT2D eigenvalue weighted by Gasteiger charge is -2.32. The van der Waals surface area contributed by atoms with Gasteiger partial charge in [-0.15, -0.1) is 0 Å². The molecule has 24 heavy (non-hydrogen) atoms. The quantitative estimate of drug-likeness (QED) is 0.929. The van der Waals surface area contributed by atoms with Crippen LogP contribution in [0.1, 0.15) is 40.4 Å². The van der Waals surface area contributed by atoms with E-state index in [0.717, 1.165) is 25.1 Å². The van der Waals surface area contributed by atoms with E-state index < -0.39 is 0 Å². The Morgan fingerprint density at radius 1 is 1.33 bits per heavy atom. The molecule has 1 N–H and O–H groups in total. The number of amides is 1. The van der Waals surface area contributed by atoms with Crippen molar-refractivity contribution in [1.82, 2.24) is 14.7 Å². The standard InChI is InChI=1S/C18H20N4O2/c19-12-14-3-5-15(6-4-14)18(24)21-8-1-2-16(13-21)17-7-9-22(20-17)10-11-23/h3-7,9,16,23H,1-2,8,10-11,13H2/t16-/m0/s1. The number of nitrogens with zero attached hydrogens (tertiary/aromatic N) is 4. The van der Waals surface area contributed by atoms with Gasteiger partial charge < -0.3 is 10.0 Å². The SMILES string of the molecule is N#Cc1ccc(C(=O)N2CCC[C@H](c3ccn(CCO)n3)C2)cc1. The second-order valence-corrected chi connectivity index (χ2v) is 6.01. The summed E-state index contributed by atoms with van der Waals surface area (Å²) in [6, 6.07) is 10.8. The number of aromatic nitrogens is 2. The molecule has 6 nitrogen and oxygen atoms in total. The van der Waals surface area contributed by atoms with Gasteiger partial charge >= 0.3 is 0 Å². The Balaban J connectivity index is 1.69. The van der Waals surface area contributed by atoms with Gasteiger partial charge in [0.15, 0.2) is 0 Å². The van der Waals surface area contributed by atoms with Crippen LogP contribution < -0.4 is 0 Å². The first kappa shape index (κ1) is 16.2. The topological polar surface area (TPSA) is 82.2 Å². The van der Waals surface area contributed by atoms with Crippen molar-refractivity contribution in [3.8, 4) is 6.07 Å². The largest absolute Gasteiger partial charge is 0.394 e. The second-order valence-electron chi connectivity index (χ2n) is 6.01. The summed E-state index contributed by atoms with van der Waals surface area (Å²) in [5.74, 6) is 0.222. The third-order valence-electron chi connectivity index (χ3n) is 4.38. The summed E-state index contributed by atoms with van der Waals surface area (Å²) in [5.41, 5.74) is 2.14. The van der Waals surface area contributed by atoms with Gasteiger partial charge in [-0.3, -0.25) is 9.48 Å². The van der Waals surface area contributed by atoms with E-state index in [1.807, 2.05) is 17.2 Å². The van der Waals surface area contributed by atoms with Gasteiger partial charge in [0.05, 0.1) is 30.5 Å². The number of carbonyl (C=O) groups excluding carboxylic acids is 1. The lowest BCUT2D eigenvalue weighted by atomic mass is 9.94. The average molecular weight is 324 g/mol. The van der Waals surface area contributed by atoms with E-state index in [0.29, 0.717) is 24.2 Å². The zero-order valence-electron chi connectivity index (χ0n) is 13.4. The van der Waals surface area contributed by atoms with Crippen LogP contribution in [0.2, 0.25) is 0 Å². The number of piperidine rings is 1. The molecule has 1 aliphatic heterocycles. The molecule has 1 saturated heterocycles. The molecular formula is C18H20N4O2. The van der Waals surface area contributed by atoms with Crippen molar-refractivity contribution < 1.29 is 9.90 Å². The van der Waals surface area contributed by atoms with Gasteiger partial charge in [0.25, 0.3) is 5.91 Å². The van der Waals surface area contributed by atoms with Gasteiger partial charge in [-0.1, -0.05) is 0 Å². The van der Waals surface area contributed by atoms with Crippen LogP contribution in [0.3, 0.4) is 0 Å². The highest BCUT2D eigenvalue weighted by Gasteiger charge is 2.26. The first-order chi connectivity index (χ1) is 11.7. The molecule has 2 heterocycles. The molecule has 0 bridgehead atoms. The molecule has 0 spiro atoms. The minimum absolute atomic E-state index is 0.000944. The van der Waals surface area contributed by atoms with Crippen molar-refractivity contribution in [2.24, 2.45) is 0 Å². The maximum atomic E-state index is 12.7. The highest BCUT2D eigenvalue weighted by atomic mass is 16.3. The molecule has 1 aliphatic rings. The minimum Gasteiger partial charge on any atom is -0.394 e. The Kier molecular flexibility index (Phi) is 4.92. The number of aliphatic hydroxyl groups excluding tert-OH is 1. The van der Waals surface area contributed by atoms with Crippen LogP contribution >= 0.6 is 0 Å². The number of benzene rings is 1. The molecule has 1 aromatic heterocycles. The monoisotopic (exact) mass is 324 g/mol. The highest BCUT2D eigenvalue weighted by molar-refractivity contribution is 5.94. The Hall–Kier alpha value is -2.65. The smallest absolute Gasteiger partial charge is 0.253 e. The van der Waals surface area contributed by atoms with Crippen molar-refractivity contribution in [2.45, 2.75) is 25.3 Å². The summed E-state index contributed by atoms with van der Waals surface area (Å²) < 4.78 is 1.73. The van der Waals surface area contributed by atoms with Crippen LogP contribution in [-0.2, 0) is 6.54 Å². The van der Waals surface area contributed by atoms with Gasteiger partial charge in [0.1, 0.15) is 0 Å². The molecule has 3 rings (SSSR count). The van der Waals surface area contributed by atoms with Crippen LogP contribution in [0.4, 0.5) is 0 Å². The van der Waals surface area contributed by atoms with Crippen molar-refractivity contribution in [1.29, 1.82) is 5.26 Å². The predicted octanol–water partition coefficient (Wildman–Crippen LogP) is 1.77. The fourth-order valence-electron chi connectivity index (χ4n) is 3.10. The van der Waals surface area contributed by atoms with Crippen LogP contribution in [0.15, 0.2) is 36.5 Å². The van der Waals surface area contributed by atoms with Crippen LogP contribution in [0, 0.1) is 11.3 Å². The minimum atomic E-state index is -0.000944. The van der Waals surface area contributed by atoms with E-state index in [-0.39, 0.29) is 18.4 Å². The van der Waals surface area contributed by atoms with Gasteiger partial charge in [-0.25, -0.2) is 0 Å². The molecule has 1 fully saturated rings. The Morgan fingerprint density at radius 2 is 2.12 bits per heavy atom. The first-order valence-electron chi connectivity index (χ1n) is 8.15. The summed E-state index contributed by atoms with van der Waals surface area (Å²) in [7, 11) is 0.